The quantitative estimate of drug-likeness (QED) is 0.597. The van der Waals surface area contributed by atoms with Gasteiger partial charge in [0.15, 0.2) is 0 Å². The molecule has 1 aliphatic heterocycles. The fraction of sp³-hybridized carbons (Fsp3) is 1.00. The summed E-state index contributed by atoms with van der Waals surface area (Å²) in [7, 11) is 0. The molecule has 84 valence electrons. The van der Waals surface area contributed by atoms with Gasteiger partial charge in [0.1, 0.15) is 0 Å². The van der Waals surface area contributed by atoms with E-state index >= 15 is 0 Å². The minimum atomic E-state index is -6.34. The molecule has 0 amide bonds. The number of alkyl halides is 8. The average molecular weight is 232 g/mol. The Labute approximate surface area is 70.4 Å². The van der Waals surface area contributed by atoms with Gasteiger partial charge in [0.05, 0.1) is 0 Å². The van der Waals surface area contributed by atoms with Gasteiger partial charge in [-0.1, -0.05) is 0 Å². The van der Waals surface area contributed by atoms with Crippen LogP contribution in [0.5, 0.6) is 0 Å². The van der Waals surface area contributed by atoms with Crippen molar-refractivity contribution in [2.24, 2.45) is 0 Å². The highest BCUT2D eigenvalue weighted by molar-refractivity contribution is 4.91. The molecule has 0 spiro atoms. The van der Waals surface area contributed by atoms with Crippen molar-refractivity contribution in [1.82, 2.24) is 0 Å². The van der Waals surface area contributed by atoms with Crippen LogP contribution in [0.15, 0.2) is 0 Å². The zero-order valence-corrected chi connectivity index (χ0v) is 5.84. The summed E-state index contributed by atoms with van der Waals surface area (Å²) in [5, 5.41) is 0. The Bertz CT molecular complexity index is 246. The molecule has 0 aromatic carbocycles. The second kappa shape index (κ2) is 2.48. The molecule has 1 heterocycles. The van der Waals surface area contributed by atoms with Crippen LogP contribution in [-0.2, 0) is 9.47 Å². The van der Waals surface area contributed by atoms with Crippen molar-refractivity contribution in [2.45, 2.75) is 24.4 Å². The fourth-order valence-electron chi connectivity index (χ4n) is 0.682. The van der Waals surface area contributed by atoms with Gasteiger partial charge in [0, 0.05) is 0 Å². The Morgan fingerprint density at radius 1 is 0.786 bits per heavy atom. The zero-order valence-electron chi connectivity index (χ0n) is 5.84. The van der Waals surface area contributed by atoms with Gasteiger partial charge in [0.2, 0.25) is 0 Å². The SMILES string of the molecule is FC1(F)OC(F)(F)C(F)(C(F)(F)F)O1. The smallest absolute Gasteiger partial charge is 0.242 e. The minimum Gasteiger partial charge on any atom is -0.242 e. The van der Waals surface area contributed by atoms with Crippen molar-refractivity contribution < 1.29 is 44.6 Å². The lowest BCUT2D eigenvalue weighted by atomic mass is 10.3. The number of rotatable bonds is 0. The molecule has 1 rings (SSSR count). The van der Waals surface area contributed by atoms with Crippen LogP contribution in [0.3, 0.4) is 0 Å². The van der Waals surface area contributed by atoms with Crippen LogP contribution in [0, 0.1) is 0 Å². The summed E-state index contributed by atoms with van der Waals surface area (Å²) in [6.45, 7) is 0. The van der Waals surface area contributed by atoms with E-state index in [0.717, 1.165) is 0 Å². The molecule has 1 fully saturated rings. The van der Waals surface area contributed by atoms with E-state index in [1.807, 2.05) is 0 Å². The van der Waals surface area contributed by atoms with E-state index in [1.165, 1.54) is 0 Å². The Morgan fingerprint density at radius 3 is 1.36 bits per heavy atom. The Morgan fingerprint density at radius 2 is 1.21 bits per heavy atom. The van der Waals surface area contributed by atoms with Crippen molar-refractivity contribution in [1.29, 1.82) is 0 Å². The number of halogens is 8. The summed E-state index contributed by atoms with van der Waals surface area (Å²) < 4.78 is 99.3. The zero-order chi connectivity index (χ0) is 11.4. The first-order valence-electron chi connectivity index (χ1n) is 2.83. The molecular formula is C4F8O2. The van der Waals surface area contributed by atoms with Crippen molar-refractivity contribution in [3.8, 4) is 0 Å². The molecule has 0 radical (unpaired) electrons. The van der Waals surface area contributed by atoms with E-state index in [1.54, 1.807) is 0 Å². The molecule has 2 nitrogen and oxygen atoms in total. The third-order valence-electron chi connectivity index (χ3n) is 1.25. The summed E-state index contributed by atoms with van der Waals surface area (Å²) in [6.07, 6.45) is -17.5. The third-order valence-corrected chi connectivity index (χ3v) is 1.25. The summed E-state index contributed by atoms with van der Waals surface area (Å²) in [5.74, 6) is -5.84. The second-order valence-corrected chi connectivity index (χ2v) is 2.28. The second-order valence-electron chi connectivity index (χ2n) is 2.28. The maximum absolute atomic E-state index is 12.4. The largest absolute Gasteiger partial charge is 0.493 e. The summed E-state index contributed by atoms with van der Waals surface area (Å²) in [5.41, 5.74) is 0. The first-order valence-corrected chi connectivity index (χ1v) is 2.83. The van der Waals surface area contributed by atoms with Crippen LogP contribution in [0.2, 0.25) is 0 Å². The van der Waals surface area contributed by atoms with Gasteiger partial charge >= 0.3 is 24.4 Å². The fourth-order valence-corrected chi connectivity index (χ4v) is 0.682. The van der Waals surface area contributed by atoms with E-state index in [-0.39, 0.29) is 0 Å². The number of hydrogen-bond donors (Lipinski definition) is 0. The van der Waals surface area contributed by atoms with E-state index in [9.17, 15) is 35.1 Å². The molecule has 1 unspecified atom stereocenters. The highest BCUT2D eigenvalue weighted by Gasteiger charge is 2.84. The van der Waals surface area contributed by atoms with Gasteiger partial charge in [-0.15, -0.1) is 8.78 Å². The topological polar surface area (TPSA) is 18.5 Å². The molecule has 10 heteroatoms. The predicted molar refractivity (Wildman–Crippen MR) is 22.0 cm³/mol. The van der Waals surface area contributed by atoms with E-state index in [4.69, 9.17) is 0 Å². The van der Waals surface area contributed by atoms with E-state index < -0.39 is 24.4 Å². The van der Waals surface area contributed by atoms with Crippen LogP contribution in [0.25, 0.3) is 0 Å². The summed E-state index contributed by atoms with van der Waals surface area (Å²) >= 11 is 0. The Hall–Kier alpha value is -0.640. The average Bonchev–Trinajstić information content (AvgIpc) is 1.94. The van der Waals surface area contributed by atoms with Gasteiger partial charge in [-0.2, -0.15) is 26.3 Å². The van der Waals surface area contributed by atoms with Crippen molar-refractivity contribution in [2.75, 3.05) is 0 Å². The molecule has 0 aromatic heterocycles. The van der Waals surface area contributed by atoms with E-state index in [0.29, 0.717) is 0 Å². The molecule has 0 aromatic rings. The molecule has 1 aliphatic rings. The molecule has 1 saturated heterocycles. The highest BCUT2D eigenvalue weighted by Crippen LogP contribution is 2.55. The molecule has 0 saturated carbocycles. The first kappa shape index (κ1) is 11.4. The van der Waals surface area contributed by atoms with Gasteiger partial charge in [0.25, 0.3) is 0 Å². The van der Waals surface area contributed by atoms with E-state index in [2.05, 4.69) is 9.47 Å². The van der Waals surface area contributed by atoms with Crippen LogP contribution in [-0.4, -0.2) is 24.4 Å². The summed E-state index contributed by atoms with van der Waals surface area (Å²) in [6, 6.07) is 0. The first-order chi connectivity index (χ1) is 5.91. The number of ether oxygens (including phenoxy) is 2. The van der Waals surface area contributed by atoms with Gasteiger partial charge in [-0.05, 0) is 0 Å². The molecule has 0 N–H and O–H groups in total. The predicted octanol–water partition coefficient (Wildman–Crippen LogP) is 2.40. The maximum atomic E-state index is 12.4. The maximum Gasteiger partial charge on any atom is 0.493 e. The van der Waals surface area contributed by atoms with Crippen LogP contribution in [0.1, 0.15) is 0 Å². The minimum absolute atomic E-state index is 2.19. The highest BCUT2D eigenvalue weighted by atomic mass is 19.4. The molecule has 1 atom stereocenters. The number of hydrogen-bond acceptors (Lipinski definition) is 2. The summed E-state index contributed by atoms with van der Waals surface area (Å²) in [4.78, 5) is 0. The Balaban J connectivity index is 3.12. The van der Waals surface area contributed by atoms with Gasteiger partial charge in [-0.25, -0.2) is 9.47 Å². The van der Waals surface area contributed by atoms with Gasteiger partial charge < -0.3 is 0 Å². The van der Waals surface area contributed by atoms with Crippen molar-refractivity contribution in [3.05, 3.63) is 0 Å². The lowest BCUT2D eigenvalue weighted by Crippen LogP contribution is -2.53. The molecule has 14 heavy (non-hydrogen) atoms. The molecular weight excluding hydrogens is 232 g/mol. The lowest BCUT2D eigenvalue weighted by Gasteiger charge is -2.23. The standard InChI is InChI=1S/C4F8O2/c5-1(2(6,7)8)3(9,10)14-4(11,12)13-1. The molecule has 0 bridgehead atoms. The van der Waals surface area contributed by atoms with Crippen LogP contribution >= 0.6 is 0 Å². The van der Waals surface area contributed by atoms with Gasteiger partial charge in [-0.3, -0.25) is 0 Å². The third kappa shape index (κ3) is 1.41. The van der Waals surface area contributed by atoms with Crippen molar-refractivity contribution >= 4 is 0 Å². The van der Waals surface area contributed by atoms with Crippen molar-refractivity contribution in [3.63, 3.8) is 0 Å². The lowest BCUT2D eigenvalue weighted by molar-refractivity contribution is -0.408. The normalized spacial score (nSPS) is 36.0. The molecule has 0 aliphatic carbocycles. The van der Waals surface area contributed by atoms with Crippen LogP contribution < -0.4 is 0 Å². The monoisotopic (exact) mass is 232 g/mol. The van der Waals surface area contributed by atoms with Crippen LogP contribution in [0.4, 0.5) is 35.1 Å². The Kier molecular flexibility index (Phi) is 2.03.